The number of halogens is 1. The van der Waals surface area contributed by atoms with E-state index in [4.69, 9.17) is 4.74 Å². The lowest BCUT2D eigenvalue weighted by Gasteiger charge is -2.42. The van der Waals surface area contributed by atoms with Crippen LogP contribution in [0.25, 0.3) is 11.4 Å². The SMILES string of the molecule is COC[C@H]1CN(c2cc(CC(C)C)cc(F)c2-c2nn[nH]n2)CCN1Cc1cccnn1. The average molecular weight is 441 g/mol. The van der Waals surface area contributed by atoms with Crippen molar-refractivity contribution in [1.29, 1.82) is 0 Å². The molecule has 10 heteroatoms. The van der Waals surface area contributed by atoms with Gasteiger partial charge in [-0.1, -0.05) is 13.8 Å². The molecular formula is C22H29FN8O. The van der Waals surface area contributed by atoms with Gasteiger partial charge in [0.2, 0.25) is 5.82 Å². The molecule has 1 saturated heterocycles. The number of anilines is 1. The van der Waals surface area contributed by atoms with Crippen molar-refractivity contribution in [1.82, 2.24) is 35.7 Å². The van der Waals surface area contributed by atoms with Crippen LogP contribution in [0.5, 0.6) is 0 Å². The van der Waals surface area contributed by atoms with Gasteiger partial charge in [0.25, 0.3) is 0 Å². The Bertz CT molecular complexity index is 999. The van der Waals surface area contributed by atoms with E-state index in [2.05, 4.69) is 60.5 Å². The lowest BCUT2D eigenvalue weighted by molar-refractivity contribution is 0.0758. The highest BCUT2D eigenvalue weighted by molar-refractivity contribution is 5.76. The molecule has 32 heavy (non-hydrogen) atoms. The largest absolute Gasteiger partial charge is 0.383 e. The Morgan fingerprint density at radius 3 is 2.81 bits per heavy atom. The third-order valence-corrected chi connectivity index (χ3v) is 5.64. The molecule has 1 N–H and O–H groups in total. The Balaban J connectivity index is 1.64. The number of hydrogen-bond donors (Lipinski definition) is 1. The van der Waals surface area contributed by atoms with Gasteiger partial charge in [-0.2, -0.15) is 15.4 Å². The van der Waals surface area contributed by atoms with Crippen molar-refractivity contribution in [3.63, 3.8) is 0 Å². The topological polar surface area (TPSA) is 96.0 Å². The van der Waals surface area contributed by atoms with Crippen molar-refractivity contribution in [3.05, 3.63) is 47.5 Å². The van der Waals surface area contributed by atoms with Gasteiger partial charge in [-0.3, -0.25) is 4.90 Å². The van der Waals surface area contributed by atoms with E-state index in [1.54, 1.807) is 19.4 Å². The Morgan fingerprint density at radius 2 is 2.12 bits per heavy atom. The van der Waals surface area contributed by atoms with Crippen LogP contribution in [0.2, 0.25) is 0 Å². The van der Waals surface area contributed by atoms with Gasteiger partial charge in [0, 0.05) is 39.5 Å². The fraction of sp³-hybridized carbons (Fsp3) is 0.500. The minimum atomic E-state index is -0.329. The third-order valence-electron chi connectivity index (χ3n) is 5.64. The fourth-order valence-corrected chi connectivity index (χ4v) is 4.27. The Hall–Kier alpha value is -2.98. The predicted octanol–water partition coefficient (Wildman–Crippen LogP) is 2.33. The molecule has 0 saturated carbocycles. The number of piperazine rings is 1. The highest BCUT2D eigenvalue weighted by Gasteiger charge is 2.30. The normalized spacial score (nSPS) is 17.3. The quantitative estimate of drug-likeness (QED) is 0.570. The molecule has 1 aliphatic rings. The summed E-state index contributed by atoms with van der Waals surface area (Å²) in [5, 5.41) is 22.4. The predicted molar refractivity (Wildman–Crippen MR) is 118 cm³/mol. The summed E-state index contributed by atoms with van der Waals surface area (Å²) in [4.78, 5) is 4.54. The van der Waals surface area contributed by atoms with Crippen LogP contribution in [0, 0.1) is 11.7 Å². The zero-order chi connectivity index (χ0) is 22.5. The van der Waals surface area contributed by atoms with Gasteiger partial charge in [-0.15, -0.1) is 10.2 Å². The number of aromatic nitrogens is 6. The number of H-pyrrole nitrogens is 1. The second kappa shape index (κ2) is 10.1. The Labute approximate surface area is 187 Å². The number of tetrazole rings is 1. The minimum Gasteiger partial charge on any atom is -0.383 e. The van der Waals surface area contributed by atoms with Crippen LogP contribution < -0.4 is 4.90 Å². The first kappa shape index (κ1) is 22.2. The maximum atomic E-state index is 15.3. The van der Waals surface area contributed by atoms with Crippen LogP contribution in [-0.2, 0) is 17.7 Å². The fourth-order valence-electron chi connectivity index (χ4n) is 4.27. The van der Waals surface area contributed by atoms with E-state index in [9.17, 15) is 0 Å². The second-order valence-electron chi connectivity index (χ2n) is 8.55. The zero-order valence-corrected chi connectivity index (χ0v) is 18.7. The zero-order valence-electron chi connectivity index (χ0n) is 18.7. The van der Waals surface area contributed by atoms with E-state index in [0.717, 1.165) is 36.5 Å². The molecule has 1 aromatic carbocycles. The average Bonchev–Trinajstić information content (AvgIpc) is 3.29. The molecule has 2 aromatic heterocycles. The van der Waals surface area contributed by atoms with Gasteiger partial charge in [0.1, 0.15) is 5.82 Å². The molecule has 0 amide bonds. The molecule has 170 valence electrons. The first-order valence-electron chi connectivity index (χ1n) is 10.9. The first-order chi connectivity index (χ1) is 15.5. The van der Waals surface area contributed by atoms with Gasteiger partial charge >= 0.3 is 0 Å². The monoisotopic (exact) mass is 440 g/mol. The van der Waals surface area contributed by atoms with E-state index in [1.807, 2.05) is 12.1 Å². The van der Waals surface area contributed by atoms with E-state index in [1.165, 1.54) is 0 Å². The summed E-state index contributed by atoms with van der Waals surface area (Å²) in [5.74, 6) is 0.354. The maximum Gasteiger partial charge on any atom is 0.209 e. The number of ether oxygens (including phenoxy) is 1. The molecule has 1 fully saturated rings. The molecule has 0 bridgehead atoms. The standard InChI is InChI=1S/C22H29FN8O/c1-15(2)9-16-10-19(23)21(22-26-28-29-27-22)20(11-16)31-8-7-30(18(13-31)14-32-3)12-17-5-4-6-24-25-17/h4-6,10-11,15,18H,7-9,12-14H2,1-3H3,(H,26,27,28,29)/t18-/m1/s1. The molecular weight excluding hydrogens is 411 g/mol. The minimum absolute atomic E-state index is 0.116. The molecule has 3 aromatic rings. The molecule has 0 unspecified atom stereocenters. The lowest BCUT2D eigenvalue weighted by atomic mass is 9.98. The molecule has 3 heterocycles. The van der Waals surface area contributed by atoms with Crippen LogP contribution in [0.4, 0.5) is 10.1 Å². The van der Waals surface area contributed by atoms with E-state index in [0.29, 0.717) is 31.2 Å². The van der Waals surface area contributed by atoms with Crippen LogP contribution in [0.15, 0.2) is 30.5 Å². The number of methoxy groups -OCH3 is 1. The molecule has 0 spiro atoms. The van der Waals surface area contributed by atoms with Crippen molar-refractivity contribution >= 4 is 5.69 Å². The van der Waals surface area contributed by atoms with Gasteiger partial charge in [-0.25, -0.2) is 4.39 Å². The number of rotatable bonds is 8. The van der Waals surface area contributed by atoms with Crippen LogP contribution in [0.3, 0.4) is 0 Å². The first-order valence-corrected chi connectivity index (χ1v) is 10.9. The maximum absolute atomic E-state index is 15.3. The van der Waals surface area contributed by atoms with Crippen LogP contribution in [0.1, 0.15) is 25.1 Å². The van der Waals surface area contributed by atoms with Gasteiger partial charge < -0.3 is 9.64 Å². The second-order valence-corrected chi connectivity index (χ2v) is 8.55. The molecule has 0 aliphatic carbocycles. The van der Waals surface area contributed by atoms with Crippen molar-refractivity contribution in [2.75, 3.05) is 38.3 Å². The number of benzene rings is 1. The summed E-state index contributed by atoms with van der Waals surface area (Å²) in [6.45, 7) is 7.71. The molecule has 1 atom stereocenters. The highest BCUT2D eigenvalue weighted by atomic mass is 19.1. The summed E-state index contributed by atoms with van der Waals surface area (Å²) >= 11 is 0. The lowest BCUT2D eigenvalue weighted by Crippen LogP contribution is -2.54. The van der Waals surface area contributed by atoms with Crippen molar-refractivity contribution < 1.29 is 9.13 Å². The highest BCUT2D eigenvalue weighted by Crippen LogP contribution is 2.34. The summed E-state index contributed by atoms with van der Waals surface area (Å²) in [7, 11) is 1.70. The Kier molecular flexibility index (Phi) is 7.01. The summed E-state index contributed by atoms with van der Waals surface area (Å²) in [6, 6.07) is 7.64. The third kappa shape index (κ3) is 5.08. The van der Waals surface area contributed by atoms with Crippen LogP contribution in [-0.4, -0.2) is 75.1 Å². The summed E-state index contributed by atoms with van der Waals surface area (Å²) in [6.07, 6.45) is 2.47. The molecule has 1 aliphatic heterocycles. The summed E-state index contributed by atoms with van der Waals surface area (Å²) in [5.41, 5.74) is 3.05. The number of nitrogens with zero attached hydrogens (tertiary/aromatic N) is 7. The summed E-state index contributed by atoms with van der Waals surface area (Å²) < 4.78 is 20.8. The van der Waals surface area contributed by atoms with Crippen molar-refractivity contribution in [3.8, 4) is 11.4 Å². The number of aromatic amines is 1. The van der Waals surface area contributed by atoms with E-state index < -0.39 is 0 Å². The molecule has 9 nitrogen and oxygen atoms in total. The van der Waals surface area contributed by atoms with E-state index in [-0.39, 0.29) is 17.7 Å². The van der Waals surface area contributed by atoms with Gasteiger partial charge in [0.15, 0.2) is 0 Å². The number of nitrogens with one attached hydrogen (secondary N) is 1. The van der Waals surface area contributed by atoms with Crippen molar-refractivity contribution in [2.45, 2.75) is 32.9 Å². The number of hydrogen-bond acceptors (Lipinski definition) is 8. The van der Waals surface area contributed by atoms with E-state index >= 15 is 4.39 Å². The molecule has 0 radical (unpaired) electrons. The van der Waals surface area contributed by atoms with Crippen LogP contribution >= 0.6 is 0 Å². The van der Waals surface area contributed by atoms with Gasteiger partial charge in [0.05, 0.1) is 29.6 Å². The molecule has 4 rings (SSSR count). The Morgan fingerprint density at radius 1 is 1.25 bits per heavy atom. The smallest absolute Gasteiger partial charge is 0.209 e. The van der Waals surface area contributed by atoms with Gasteiger partial charge in [-0.05, 0) is 47.4 Å². The van der Waals surface area contributed by atoms with Crippen molar-refractivity contribution in [2.24, 2.45) is 5.92 Å².